The standard InChI is InChI=1S/C30H35Cl2N3O5S/c1-21(29(37)33-30(2,3)4)34(18-23-11-16-26(31)27(32)17-23)28(36)19-35(41(5,38)39)24-12-14-25(15-13-24)40-20-22-9-7-6-8-10-22/h6-17,21H,18-20H2,1-5H3,(H,33,37)/t21-/m1/s1. The number of benzene rings is 3. The molecule has 0 spiro atoms. The molecule has 3 rings (SSSR count). The smallest absolute Gasteiger partial charge is 0.244 e. The Morgan fingerprint density at radius 1 is 0.927 bits per heavy atom. The van der Waals surface area contributed by atoms with Gasteiger partial charge in [-0.3, -0.25) is 13.9 Å². The summed E-state index contributed by atoms with van der Waals surface area (Å²) in [5.41, 5.74) is 1.38. The molecule has 0 heterocycles. The van der Waals surface area contributed by atoms with Crippen LogP contribution in [-0.4, -0.2) is 49.5 Å². The van der Waals surface area contributed by atoms with Crippen LogP contribution in [0.5, 0.6) is 5.75 Å². The Hall–Kier alpha value is -3.27. The molecular weight excluding hydrogens is 585 g/mol. The van der Waals surface area contributed by atoms with E-state index in [0.29, 0.717) is 28.0 Å². The van der Waals surface area contributed by atoms with Gasteiger partial charge in [-0.2, -0.15) is 0 Å². The molecule has 3 aromatic carbocycles. The van der Waals surface area contributed by atoms with E-state index in [-0.39, 0.29) is 18.1 Å². The molecule has 220 valence electrons. The number of ether oxygens (including phenoxy) is 1. The monoisotopic (exact) mass is 619 g/mol. The molecule has 3 aromatic rings. The molecule has 2 amide bonds. The summed E-state index contributed by atoms with van der Waals surface area (Å²) in [6, 6.07) is 20.1. The van der Waals surface area contributed by atoms with Crippen LogP contribution in [-0.2, 0) is 32.8 Å². The lowest BCUT2D eigenvalue weighted by atomic mass is 10.1. The molecule has 11 heteroatoms. The van der Waals surface area contributed by atoms with E-state index in [1.807, 2.05) is 51.1 Å². The number of hydrogen-bond donors (Lipinski definition) is 1. The van der Waals surface area contributed by atoms with Crippen molar-refractivity contribution in [2.75, 3.05) is 17.1 Å². The van der Waals surface area contributed by atoms with Crippen molar-refractivity contribution in [2.45, 2.75) is 52.4 Å². The minimum atomic E-state index is -3.87. The second-order valence-corrected chi connectivity index (χ2v) is 13.4. The number of sulfonamides is 1. The van der Waals surface area contributed by atoms with Gasteiger partial charge in [0, 0.05) is 12.1 Å². The third-order valence-electron chi connectivity index (χ3n) is 6.05. The molecular formula is C30H35Cl2N3O5S. The average Bonchev–Trinajstić information content (AvgIpc) is 2.90. The van der Waals surface area contributed by atoms with Crippen molar-refractivity contribution in [1.82, 2.24) is 10.2 Å². The van der Waals surface area contributed by atoms with Gasteiger partial charge in [-0.15, -0.1) is 0 Å². The highest BCUT2D eigenvalue weighted by molar-refractivity contribution is 7.92. The predicted molar refractivity (Wildman–Crippen MR) is 164 cm³/mol. The lowest BCUT2D eigenvalue weighted by molar-refractivity contribution is -0.140. The number of amides is 2. The fourth-order valence-electron chi connectivity index (χ4n) is 3.95. The van der Waals surface area contributed by atoms with Gasteiger partial charge in [0.25, 0.3) is 0 Å². The number of halogens is 2. The fraction of sp³-hybridized carbons (Fsp3) is 0.333. The van der Waals surface area contributed by atoms with Crippen LogP contribution in [0.25, 0.3) is 0 Å². The first-order valence-corrected chi connectivity index (χ1v) is 15.5. The summed E-state index contributed by atoms with van der Waals surface area (Å²) < 4.78 is 32.5. The van der Waals surface area contributed by atoms with Crippen LogP contribution in [0.1, 0.15) is 38.8 Å². The van der Waals surface area contributed by atoms with Gasteiger partial charge in [0.2, 0.25) is 21.8 Å². The van der Waals surface area contributed by atoms with Crippen molar-refractivity contribution >= 4 is 50.7 Å². The zero-order valence-electron chi connectivity index (χ0n) is 23.7. The maximum atomic E-state index is 13.7. The van der Waals surface area contributed by atoms with E-state index in [0.717, 1.165) is 16.1 Å². The summed E-state index contributed by atoms with van der Waals surface area (Å²) in [6.07, 6.45) is 1.03. The number of carbonyl (C=O) groups is 2. The third-order valence-corrected chi connectivity index (χ3v) is 7.93. The summed E-state index contributed by atoms with van der Waals surface area (Å²) in [5.74, 6) is -0.398. The van der Waals surface area contributed by atoms with Crippen LogP contribution in [0, 0.1) is 0 Å². The molecule has 8 nitrogen and oxygen atoms in total. The van der Waals surface area contributed by atoms with Crippen molar-refractivity contribution in [3.8, 4) is 5.75 Å². The third kappa shape index (κ3) is 9.66. The van der Waals surface area contributed by atoms with Gasteiger partial charge in [0.15, 0.2) is 0 Å². The highest BCUT2D eigenvalue weighted by Gasteiger charge is 2.31. The van der Waals surface area contributed by atoms with Crippen molar-refractivity contribution < 1.29 is 22.7 Å². The molecule has 1 atom stereocenters. The van der Waals surface area contributed by atoms with E-state index in [2.05, 4.69) is 5.32 Å². The van der Waals surface area contributed by atoms with E-state index < -0.39 is 34.1 Å². The molecule has 1 N–H and O–H groups in total. The van der Waals surface area contributed by atoms with E-state index in [4.69, 9.17) is 27.9 Å². The molecule has 0 saturated heterocycles. The lowest BCUT2D eigenvalue weighted by Crippen LogP contribution is -2.54. The quantitative estimate of drug-likeness (QED) is 0.298. The van der Waals surface area contributed by atoms with Gasteiger partial charge in [-0.1, -0.05) is 59.6 Å². The molecule has 0 aliphatic rings. The second-order valence-electron chi connectivity index (χ2n) is 10.7. The summed E-state index contributed by atoms with van der Waals surface area (Å²) in [4.78, 5) is 28.1. The van der Waals surface area contributed by atoms with Gasteiger partial charge < -0.3 is 15.0 Å². The summed E-state index contributed by atoms with van der Waals surface area (Å²) in [6.45, 7) is 6.95. The molecule has 0 bridgehead atoms. The number of rotatable bonds is 11. The van der Waals surface area contributed by atoms with Crippen molar-refractivity contribution in [3.05, 3.63) is 94.0 Å². The highest BCUT2D eigenvalue weighted by Crippen LogP contribution is 2.25. The van der Waals surface area contributed by atoms with Gasteiger partial charge in [0.1, 0.15) is 24.9 Å². The molecule has 0 fully saturated rings. The van der Waals surface area contributed by atoms with Gasteiger partial charge in [-0.05, 0) is 75.2 Å². The van der Waals surface area contributed by atoms with Gasteiger partial charge in [-0.25, -0.2) is 8.42 Å². The van der Waals surface area contributed by atoms with E-state index in [1.54, 1.807) is 49.4 Å². The fourth-order valence-corrected chi connectivity index (χ4v) is 5.12. The summed E-state index contributed by atoms with van der Waals surface area (Å²) in [5, 5.41) is 3.53. The van der Waals surface area contributed by atoms with Crippen LogP contribution in [0.2, 0.25) is 10.0 Å². The topological polar surface area (TPSA) is 96.0 Å². The summed E-state index contributed by atoms with van der Waals surface area (Å²) >= 11 is 12.2. The second kappa shape index (κ2) is 13.6. The number of nitrogens with zero attached hydrogens (tertiary/aromatic N) is 2. The highest BCUT2D eigenvalue weighted by atomic mass is 35.5. The molecule has 41 heavy (non-hydrogen) atoms. The van der Waals surface area contributed by atoms with Crippen LogP contribution >= 0.6 is 23.2 Å². The van der Waals surface area contributed by atoms with Crippen LogP contribution in [0.4, 0.5) is 5.69 Å². The number of anilines is 1. The van der Waals surface area contributed by atoms with Crippen LogP contribution < -0.4 is 14.4 Å². The zero-order chi connectivity index (χ0) is 30.4. The first-order valence-electron chi connectivity index (χ1n) is 12.9. The van der Waals surface area contributed by atoms with Crippen LogP contribution in [0.15, 0.2) is 72.8 Å². The van der Waals surface area contributed by atoms with Crippen molar-refractivity contribution in [3.63, 3.8) is 0 Å². The molecule has 0 aromatic heterocycles. The lowest BCUT2D eigenvalue weighted by Gasteiger charge is -2.33. The Bertz CT molecular complexity index is 1460. The molecule has 0 aliphatic carbocycles. The average molecular weight is 621 g/mol. The zero-order valence-corrected chi connectivity index (χ0v) is 26.1. The normalized spacial score (nSPS) is 12.4. The van der Waals surface area contributed by atoms with Gasteiger partial charge >= 0.3 is 0 Å². The van der Waals surface area contributed by atoms with E-state index in [9.17, 15) is 18.0 Å². The molecule has 0 radical (unpaired) electrons. The number of carbonyl (C=O) groups excluding carboxylic acids is 2. The number of nitrogens with one attached hydrogen (secondary N) is 1. The summed E-state index contributed by atoms with van der Waals surface area (Å²) in [7, 11) is -3.87. The van der Waals surface area contributed by atoms with Crippen molar-refractivity contribution in [1.29, 1.82) is 0 Å². The molecule has 0 unspecified atom stereocenters. The van der Waals surface area contributed by atoms with Gasteiger partial charge in [0.05, 0.1) is 22.0 Å². The van der Waals surface area contributed by atoms with E-state index in [1.165, 1.54) is 4.90 Å². The SMILES string of the molecule is C[C@H](C(=O)NC(C)(C)C)N(Cc1ccc(Cl)c(Cl)c1)C(=O)CN(c1ccc(OCc2ccccc2)cc1)S(C)(=O)=O. The Kier molecular flexibility index (Phi) is 10.7. The Morgan fingerprint density at radius 3 is 2.12 bits per heavy atom. The Balaban J connectivity index is 1.85. The first-order chi connectivity index (χ1) is 19.1. The Morgan fingerprint density at radius 2 is 1.56 bits per heavy atom. The molecule has 0 aliphatic heterocycles. The number of hydrogen-bond acceptors (Lipinski definition) is 5. The maximum absolute atomic E-state index is 13.7. The first kappa shape index (κ1) is 32.2. The van der Waals surface area contributed by atoms with Crippen molar-refractivity contribution in [2.24, 2.45) is 0 Å². The Labute approximate surface area is 252 Å². The maximum Gasteiger partial charge on any atom is 0.244 e. The minimum absolute atomic E-state index is 0.0122. The molecule has 0 saturated carbocycles. The van der Waals surface area contributed by atoms with Crippen LogP contribution in [0.3, 0.4) is 0 Å². The van der Waals surface area contributed by atoms with E-state index >= 15 is 0 Å². The largest absolute Gasteiger partial charge is 0.489 e. The predicted octanol–water partition coefficient (Wildman–Crippen LogP) is 5.67. The minimum Gasteiger partial charge on any atom is -0.489 e.